The molecule has 0 aromatic heterocycles. The second kappa shape index (κ2) is 9.12. The second-order valence-electron chi connectivity index (χ2n) is 9.48. The number of likely N-dealkylation sites (tertiary alicyclic amines) is 1. The number of allylic oxidation sites excluding steroid dienone is 1. The van der Waals surface area contributed by atoms with E-state index in [1.54, 1.807) is 0 Å². The van der Waals surface area contributed by atoms with Crippen LogP contribution in [-0.2, 0) is 27.3 Å². The summed E-state index contributed by atoms with van der Waals surface area (Å²) in [6.45, 7) is 10.9. The van der Waals surface area contributed by atoms with Gasteiger partial charge >= 0.3 is 0 Å². The predicted molar refractivity (Wildman–Crippen MR) is 114 cm³/mol. The Hall–Kier alpha value is -2.14. The molecule has 0 saturated carbocycles. The molecule has 1 atom stereocenters. The van der Waals surface area contributed by atoms with E-state index < -0.39 is 5.60 Å². The highest BCUT2D eigenvalue weighted by atomic mass is 16.5. The third-order valence-corrected chi connectivity index (χ3v) is 5.42. The van der Waals surface area contributed by atoms with E-state index in [9.17, 15) is 9.59 Å². The van der Waals surface area contributed by atoms with Crippen molar-refractivity contribution in [3.8, 4) is 0 Å². The lowest BCUT2D eigenvalue weighted by Crippen LogP contribution is -2.48. The molecule has 0 bridgehead atoms. The summed E-state index contributed by atoms with van der Waals surface area (Å²) < 4.78 is 5.72. The molecule has 2 heterocycles. The van der Waals surface area contributed by atoms with Gasteiger partial charge in [-0.1, -0.05) is 38.1 Å². The molecule has 1 aromatic rings. The number of carbonyl (C=O) groups excluding carboxylic acids is 2. The summed E-state index contributed by atoms with van der Waals surface area (Å²) in [6, 6.07) is 8.96. The Kier molecular flexibility index (Phi) is 6.78. The lowest BCUT2D eigenvalue weighted by molar-refractivity contribution is -0.131. The molecule has 1 aromatic carbocycles. The standard InChI is InChI=1S/C24H34N2O3/c1-17(2)12-18-7-9-19(10-8-18)15-26-11-5-6-20(16-26)25-23(28)22-13-21(27)14-24(3,4)29-22/h7-10,13,17,20H,5-6,11-12,14-16H2,1-4H3,(H,25,28). The van der Waals surface area contributed by atoms with Crippen LogP contribution in [0.25, 0.3) is 0 Å². The largest absolute Gasteiger partial charge is 0.482 e. The maximum atomic E-state index is 12.6. The molecule has 1 saturated heterocycles. The van der Waals surface area contributed by atoms with Crippen molar-refractivity contribution in [1.82, 2.24) is 10.2 Å². The molecule has 5 nitrogen and oxygen atoms in total. The maximum Gasteiger partial charge on any atom is 0.286 e. The third kappa shape index (κ3) is 6.43. The third-order valence-electron chi connectivity index (χ3n) is 5.42. The van der Waals surface area contributed by atoms with Gasteiger partial charge in [0.1, 0.15) is 5.60 Å². The van der Waals surface area contributed by atoms with Crippen LogP contribution in [0.2, 0.25) is 0 Å². The average Bonchev–Trinajstić information content (AvgIpc) is 2.61. The first-order valence-corrected chi connectivity index (χ1v) is 10.7. The first kappa shape index (κ1) is 21.6. The molecule has 158 valence electrons. The zero-order valence-electron chi connectivity index (χ0n) is 18.2. The number of nitrogens with zero attached hydrogens (tertiary/aromatic N) is 1. The number of carbonyl (C=O) groups is 2. The highest BCUT2D eigenvalue weighted by Crippen LogP contribution is 2.25. The highest BCUT2D eigenvalue weighted by molar-refractivity contribution is 6.01. The van der Waals surface area contributed by atoms with Crippen LogP contribution in [-0.4, -0.2) is 41.3 Å². The number of rotatable bonds is 6. The number of ketones is 1. The summed E-state index contributed by atoms with van der Waals surface area (Å²) in [5, 5.41) is 3.07. The van der Waals surface area contributed by atoms with Crippen molar-refractivity contribution in [2.75, 3.05) is 13.1 Å². The molecule has 2 aliphatic rings. The Morgan fingerprint density at radius 2 is 1.93 bits per heavy atom. The Morgan fingerprint density at radius 3 is 2.59 bits per heavy atom. The van der Waals surface area contributed by atoms with E-state index in [-0.39, 0.29) is 23.5 Å². The minimum atomic E-state index is -0.626. The van der Waals surface area contributed by atoms with Crippen LogP contribution in [0.1, 0.15) is 58.1 Å². The number of ether oxygens (including phenoxy) is 1. The van der Waals surface area contributed by atoms with Crippen LogP contribution >= 0.6 is 0 Å². The van der Waals surface area contributed by atoms with Gasteiger partial charge in [0.25, 0.3) is 5.91 Å². The Labute approximate surface area is 174 Å². The lowest BCUT2D eigenvalue weighted by atomic mass is 9.98. The number of nitrogens with one attached hydrogen (secondary N) is 1. The van der Waals surface area contributed by atoms with Gasteiger partial charge in [0, 0.05) is 31.6 Å². The van der Waals surface area contributed by atoms with Crippen molar-refractivity contribution in [2.24, 2.45) is 5.92 Å². The molecule has 1 amide bonds. The van der Waals surface area contributed by atoms with E-state index in [1.165, 1.54) is 17.2 Å². The molecule has 0 aliphatic carbocycles. The van der Waals surface area contributed by atoms with Crippen LogP contribution in [0.15, 0.2) is 36.1 Å². The van der Waals surface area contributed by atoms with Crippen molar-refractivity contribution >= 4 is 11.7 Å². The van der Waals surface area contributed by atoms with Crippen molar-refractivity contribution in [3.05, 3.63) is 47.2 Å². The predicted octanol–water partition coefficient (Wildman–Crippen LogP) is 3.62. The zero-order chi connectivity index (χ0) is 21.0. The Bertz CT molecular complexity index is 765. The average molecular weight is 399 g/mol. The number of benzene rings is 1. The minimum Gasteiger partial charge on any atom is -0.482 e. The molecule has 0 radical (unpaired) electrons. The molecule has 1 N–H and O–H groups in total. The van der Waals surface area contributed by atoms with Gasteiger partial charge in [-0.2, -0.15) is 0 Å². The summed E-state index contributed by atoms with van der Waals surface area (Å²) in [5.74, 6) is 0.467. The maximum absolute atomic E-state index is 12.6. The number of hydrogen-bond donors (Lipinski definition) is 1. The SMILES string of the molecule is CC(C)Cc1ccc(CN2CCCC(NC(=O)C3=CC(=O)CC(C)(C)O3)C2)cc1. The van der Waals surface area contributed by atoms with Gasteiger partial charge in [-0.05, 0) is 56.7 Å². The molecule has 0 spiro atoms. The fourth-order valence-electron chi connectivity index (χ4n) is 4.18. The van der Waals surface area contributed by atoms with Gasteiger partial charge in [-0.15, -0.1) is 0 Å². The smallest absolute Gasteiger partial charge is 0.286 e. The number of amides is 1. The summed E-state index contributed by atoms with van der Waals surface area (Å²) in [7, 11) is 0. The second-order valence-corrected chi connectivity index (χ2v) is 9.48. The number of piperidine rings is 1. The molecular formula is C24H34N2O3. The molecule has 5 heteroatoms. The first-order chi connectivity index (χ1) is 13.7. The van der Waals surface area contributed by atoms with E-state index in [2.05, 4.69) is 48.3 Å². The van der Waals surface area contributed by atoms with Crippen molar-refractivity contribution in [1.29, 1.82) is 0 Å². The zero-order valence-corrected chi connectivity index (χ0v) is 18.2. The Balaban J connectivity index is 1.54. The van der Waals surface area contributed by atoms with Crippen molar-refractivity contribution < 1.29 is 14.3 Å². The fraction of sp³-hybridized carbons (Fsp3) is 0.583. The molecule has 29 heavy (non-hydrogen) atoms. The topological polar surface area (TPSA) is 58.6 Å². The van der Waals surface area contributed by atoms with Crippen LogP contribution in [0.5, 0.6) is 0 Å². The highest BCUT2D eigenvalue weighted by Gasteiger charge is 2.33. The first-order valence-electron chi connectivity index (χ1n) is 10.7. The van der Waals surface area contributed by atoms with Gasteiger partial charge in [0.2, 0.25) is 0 Å². The van der Waals surface area contributed by atoms with E-state index >= 15 is 0 Å². The summed E-state index contributed by atoms with van der Waals surface area (Å²) in [4.78, 5) is 26.9. The van der Waals surface area contributed by atoms with E-state index in [0.717, 1.165) is 38.9 Å². The molecule has 1 unspecified atom stereocenters. The van der Waals surface area contributed by atoms with Gasteiger partial charge in [-0.3, -0.25) is 14.5 Å². The van der Waals surface area contributed by atoms with Crippen LogP contribution in [0.3, 0.4) is 0 Å². The van der Waals surface area contributed by atoms with Crippen LogP contribution < -0.4 is 5.32 Å². The van der Waals surface area contributed by atoms with Gasteiger partial charge < -0.3 is 10.1 Å². The minimum absolute atomic E-state index is 0.0578. The van der Waals surface area contributed by atoms with Gasteiger partial charge in [-0.25, -0.2) is 0 Å². The van der Waals surface area contributed by atoms with Gasteiger partial charge in [0.05, 0.1) is 0 Å². The quantitative estimate of drug-likeness (QED) is 0.795. The summed E-state index contributed by atoms with van der Waals surface area (Å²) in [6.07, 6.45) is 4.73. The van der Waals surface area contributed by atoms with E-state index in [4.69, 9.17) is 4.74 Å². The summed E-state index contributed by atoms with van der Waals surface area (Å²) >= 11 is 0. The number of hydrogen-bond acceptors (Lipinski definition) is 4. The van der Waals surface area contributed by atoms with E-state index in [1.807, 2.05) is 13.8 Å². The molecule has 3 rings (SSSR count). The monoisotopic (exact) mass is 398 g/mol. The Morgan fingerprint density at radius 1 is 1.24 bits per heavy atom. The lowest BCUT2D eigenvalue weighted by Gasteiger charge is -2.34. The van der Waals surface area contributed by atoms with E-state index in [0.29, 0.717) is 12.3 Å². The van der Waals surface area contributed by atoms with Crippen LogP contribution in [0, 0.1) is 5.92 Å². The van der Waals surface area contributed by atoms with Crippen molar-refractivity contribution in [2.45, 2.75) is 71.6 Å². The molecular weight excluding hydrogens is 364 g/mol. The normalized spacial score (nSPS) is 22.2. The summed E-state index contributed by atoms with van der Waals surface area (Å²) in [5.41, 5.74) is 2.06. The van der Waals surface area contributed by atoms with Crippen molar-refractivity contribution in [3.63, 3.8) is 0 Å². The van der Waals surface area contributed by atoms with Crippen LogP contribution in [0.4, 0.5) is 0 Å². The van der Waals surface area contributed by atoms with Gasteiger partial charge in [0.15, 0.2) is 11.5 Å². The fourth-order valence-corrected chi connectivity index (χ4v) is 4.18. The molecule has 1 fully saturated rings. The molecule has 2 aliphatic heterocycles.